The molecule has 2 nitrogen and oxygen atoms in total. The number of benzene rings is 15. The molecule has 0 atom stereocenters. The highest BCUT2D eigenvalue weighted by atomic mass is 15.1. The summed E-state index contributed by atoms with van der Waals surface area (Å²) in [5.41, 5.74) is 47.9. The van der Waals surface area contributed by atoms with Crippen molar-refractivity contribution in [3.63, 3.8) is 0 Å². The van der Waals surface area contributed by atoms with Crippen LogP contribution in [-0.2, 0) is 32.5 Å². The zero-order chi connectivity index (χ0) is 77.7. The molecule has 0 aliphatic heterocycles. The monoisotopic (exact) mass is 1460 g/mol. The topological polar surface area (TPSA) is 6.48 Å². The van der Waals surface area contributed by atoms with Crippen LogP contribution < -0.4 is 9.80 Å². The van der Waals surface area contributed by atoms with Crippen molar-refractivity contribution in [1.29, 1.82) is 0 Å². The van der Waals surface area contributed by atoms with Crippen molar-refractivity contribution in [3.8, 4) is 89.0 Å². The summed E-state index contributed by atoms with van der Waals surface area (Å²) < 4.78 is 0. The van der Waals surface area contributed by atoms with E-state index in [1.807, 2.05) is 0 Å². The van der Waals surface area contributed by atoms with E-state index in [0.717, 1.165) is 0 Å². The van der Waals surface area contributed by atoms with Crippen LogP contribution in [-0.4, -0.2) is 0 Å². The van der Waals surface area contributed by atoms with E-state index in [9.17, 15) is 0 Å². The molecule has 6 aliphatic rings. The van der Waals surface area contributed by atoms with Gasteiger partial charge in [0, 0.05) is 66.6 Å². The molecule has 0 amide bonds. The Labute approximate surface area is 672 Å². The van der Waals surface area contributed by atoms with Gasteiger partial charge in [-0.25, -0.2) is 0 Å². The van der Waals surface area contributed by atoms with E-state index in [1.165, 1.54) is 212 Å². The Kier molecular flexibility index (Phi) is 15.2. The van der Waals surface area contributed by atoms with E-state index >= 15 is 0 Å². The van der Waals surface area contributed by atoms with Gasteiger partial charge >= 0.3 is 0 Å². The fourth-order valence-corrected chi connectivity index (χ4v) is 21.0. The summed E-state index contributed by atoms with van der Waals surface area (Å²) in [6.07, 6.45) is 9.06. The zero-order valence-electron chi connectivity index (χ0n) is 67.2. The van der Waals surface area contributed by atoms with Gasteiger partial charge in [-0.3, -0.25) is 0 Å². The Balaban J connectivity index is 0.499. The van der Waals surface area contributed by atoms with Crippen molar-refractivity contribution in [2.24, 2.45) is 0 Å². The Morgan fingerprint density at radius 1 is 0.158 bits per heavy atom. The summed E-state index contributed by atoms with van der Waals surface area (Å²) in [6, 6.07) is 120. The molecule has 0 heterocycles. The Morgan fingerprint density at radius 2 is 0.325 bits per heavy atom. The van der Waals surface area contributed by atoms with E-state index in [1.54, 1.807) is 0 Å². The molecule has 0 N–H and O–H groups in total. The van der Waals surface area contributed by atoms with Crippen LogP contribution >= 0.6 is 0 Å². The molecule has 21 rings (SSSR count). The molecule has 2 heteroatoms. The van der Waals surface area contributed by atoms with Crippen molar-refractivity contribution in [3.05, 3.63) is 404 Å². The lowest BCUT2D eigenvalue weighted by Gasteiger charge is -2.31. The quantitative estimate of drug-likeness (QED) is 0.113. The number of anilines is 6. The summed E-state index contributed by atoms with van der Waals surface area (Å²) in [5.74, 6) is 0. The lowest BCUT2D eigenvalue weighted by molar-refractivity contribution is 0.659. The van der Waals surface area contributed by atoms with Crippen LogP contribution in [0.1, 0.15) is 172 Å². The smallest absolute Gasteiger partial charge is 0.0465 e. The fraction of sp³-hybridized carbons (Fsp3) is 0.161. The molecule has 114 heavy (non-hydrogen) atoms. The SMILES string of the molecule is CC1(C)c2ccccc2-c2ccc(N(c3ccc4c(c3)C(C)(C)c3ccccc3-4)c3ccc4c(c3)C(C)(C)c3cc(/C=C/c5ccc(-c6ccc(-c7ccc(/C=C/c8ccc9c(c8)C(C)(C)c8cc(N(c%10ccc%11c(c%10)C(C)(C)c%10ccccc%10-%11)c%10ccc%11c(c%10)C(C)(C)c%10ccccc%10-%11)ccc8-9)cc7)cc6)cc5)ccc3-4)cc21. The first-order chi connectivity index (χ1) is 55.0. The van der Waals surface area contributed by atoms with Gasteiger partial charge in [-0.2, -0.15) is 0 Å². The van der Waals surface area contributed by atoms with Crippen molar-refractivity contribution in [2.75, 3.05) is 9.80 Å². The van der Waals surface area contributed by atoms with Gasteiger partial charge < -0.3 is 9.80 Å². The molecule has 15 aromatic rings. The molecular formula is C112H92N2. The average Bonchev–Trinajstić information content (AvgIpc) is 1.58. The maximum absolute atomic E-state index is 2.52. The molecule has 15 aromatic carbocycles. The van der Waals surface area contributed by atoms with Gasteiger partial charge in [0.15, 0.2) is 0 Å². The minimum absolute atomic E-state index is 0.130. The van der Waals surface area contributed by atoms with Gasteiger partial charge in [0.25, 0.3) is 0 Å². The molecule has 0 bridgehead atoms. The number of nitrogens with zero attached hydrogens (tertiary/aromatic N) is 2. The van der Waals surface area contributed by atoms with Crippen molar-refractivity contribution < 1.29 is 0 Å². The van der Waals surface area contributed by atoms with Crippen LogP contribution in [0.4, 0.5) is 34.1 Å². The predicted octanol–water partition coefficient (Wildman–Crippen LogP) is 30.1. The summed E-state index contributed by atoms with van der Waals surface area (Å²) >= 11 is 0. The normalized spacial score (nSPS) is 15.9. The minimum atomic E-state index is -0.233. The highest BCUT2D eigenvalue weighted by molar-refractivity contribution is 5.95. The van der Waals surface area contributed by atoms with Gasteiger partial charge in [-0.05, 0) is 251 Å². The summed E-state index contributed by atoms with van der Waals surface area (Å²) in [6.45, 7) is 28.7. The van der Waals surface area contributed by atoms with E-state index in [0.29, 0.717) is 0 Å². The lowest BCUT2D eigenvalue weighted by atomic mass is 9.81. The second kappa shape index (κ2) is 24.9. The summed E-state index contributed by atoms with van der Waals surface area (Å²) in [4.78, 5) is 5.04. The molecule has 0 spiro atoms. The highest BCUT2D eigenvalue weighted by Gasteiger charge is 2.43. The molecule has 0 radical (unpaired) electrons. The molecule has 0 unspecified atom stereocenters. The Bertz CT molecular complexity index is 6020. The summed E-state index contributed by atoms with van der Waals surface area (Å²) in [5, 5.41) is 0. The second-order valence-corrected chi connectivity index (χ2v) is 36.1. The average molecular weight is 1470 g/mol. The van der Waals surface area contributed by atoms with E-state index in [-0.39, 0.29) is 32.5 Å². The van der Waals surface area contributed by atoms with Crippen molar-refractivity contribution in [1.82, 2.24) is 0 Å². The molecule has 0 fully saturated rings. The van der Waals surface area contributed by atoms with E-state index in [4.69, 9.17) is 0 Å². The van der Waals surface area contributed by atoms with Gasteiger partial charge in [0.05, 0.1) is 0 Å². The lowest BCUT2D eigenvalue weighted by Crippen LogP contribution is -2.19. The first-order valence-corrected chi connectivity index (χ1v) is 40.8. The first-order valence-electron chi connectivity index (χ1n) is 40.8. The maximum Gasteiger partial charge on any atom is 0.0465 e. The fourth-order valence-electron chi connectivity index (χ4n) is 21.0. The van der Waals surface area contributed by atoms with Gasteiger partial charge in [-0.1, -0.05) is 350 Å². The number of fused-ring (bicyclic) bond motifs is 18. The molecule has 0 aromatic heterocycles. The van der Waals surface area contributed by atoms with Crippen LogP contribution in [0.3, 0.4) is 0 Å². The molecule has 0 saturated carbocycles. The predicted molar refractivity (Wildman–Crippen MR) is 483 cm³/mol. The first kappa shape index (κ1) is 69.3. The van der Waals surface area contributed by atoms with Gasteiger partial charge in [0.1, 0.15) is 0 Å². The van der Waals surface area contributed by atoms with Crippen molar-refractivity contribution >= 4 is 58.4 Å². The number of hydrogen-bond donors (Lipinski definition) is 0. The molecule has 0 saturated heterocycles. The van der Waals surface area contributed by atoms with E-state index < -0.39 is 0 Å². The third-order valence-electron chi connectivity index (χ3n) is 27.5. The van der Waals surface area contributed by atoms with E-state index in [2.05, 4.69) is 433 Å². The minimum Gasteiger partial charge on any atom is -0.310 e. The summed E-state index contributed by atoms with van der Waals surface area (Å²) in [7, 11) is 0. The van der Waals surface area contributed by atoms with Crippen LogP contribution in [0, 0.1) is 0 Å². The van der Waals surface area contributed by atoms with Gasteiger partial charge in [-0.15, -0.1) is 0 Å². The molecule has 550 valence electrons. The second-order valence-electron chi connectivity index (χ2n) is 36.1. The van der Waals surface area contributed by atoms with Crippen LogP contribution in [0.5, 0.6) is 0 Å². The Morgan fingerprint density at radius 3 is 0.561 bits per heavy atom. The van der Waals surface area contributed by atoms with Crippen LogP contribution in [0.15, 0.2) is 315 Å². The van der Waals surface area contributed by atoms with Crippen LogP contribution in [0.25, 0.3) is 113 Å². The zero-order valence-corrected chi connectivity index (χ0v) is 67.2. The number of rotatable bonds is 12. The third-order valence-corrected chi connectivity index (χ3v) is 27.5. The molecule has 6 aliphatic carbocycles. The highest BCUT2D eigenvalue weighted by Crippen LogP contribution is 2.59. The maximum atomic E-state index is 2.52. The van der Waals surface area contributed by atoms with Crippen LogP contribution in [0.2, 0.25) is 0 Å². The standard InChI is InChI=1S/C112H92N2/c1-107(2)95-25-17-13-21-83(95)89-55-47-77(63-101(89)107)113(78-48-56-90-84-22-14-18-26-96(84)108(3,4)102(90)64-78)81-51-59-93-87-53-37-71(61-99(87)111(9,10)105(93)67-81)31-29-69-33-39-73(40-34-69)75-43-45-76(46-44-75)74-41-35-70(36-42-74)30-32-72-38-54-88-94-60-52-82(68-106(94)112(11,12)100(88)62-72)114(79-49-57-91-85-23-15-19-27-97(85)109(5,6)103(91)65-79)80-50-58-92-86-24-16-20-28-98(86)110(7,8)104(92)66-80/h13-68H,1-12H3/b31-29+,32-30+. The molecular weight excluding hydrogens is 1370 g/mol. The largest absolute Gasteiger partial charge is 0.310 e. The van der Waals surface area contributed by atoms with Crippen molar-refractivity contribution in [2.45, 2.75) is 116 Å². The Hall–Kier alpha value is -12.6. The number of hydrogen-bond acceptors (Lipinski definition) is 2. The third kappa shape index (κ3) is 10.5. The van der Waals surface area contributed by atoms with Gasteiger partial charge in [0.2, 0.25) is 0 Å².